The third-order valence-electron chi connectivity index (χ3n) is 4.83. The van der Waals surface area contributed by atoms with Gasteiger partial charge < -0.3 is 14.5 Å². The normalized spacial score (nSPS) is 10.8. The molecule has 32 heavy (non-hydrogen) atoms. The van der Waals surface area contributed by atoms with Crippen molar-refractivity contribution in [2.75, 3.05) is 12.4 Å². The van der Waals surface area contributed by atoms with Gasteiger partial charge in [-0.15, -0.1) is 0 Å². The number of fused-ring (bicyclic) bond motifs is 1. The third kappa shape index (κ3) is 4.66. The minimum Gasteiger partial charge on any atom is -0.496 e. The van der Waals surface area contributed by atoms with Crippen LogP contribution in [0.4, 0.5) is 5.69 Å². The molecule has 1 amide bonds. The van der Waals surface area contributed by atoms with E-state index in [1.54, 1.807) is 6.07 Å². The Labute approximate surface area is 199 Å². The van der Waals surface area contributed by atoms with Crippen LogP contribution in [0.3, 0.4) is 0 Å². The van der Waals surface area contributed by atoms with Gasteiger partial charge in [-0.3, -0.25) is 10.1 Å². The minimum atomic E-state index is -0.368. The molecule has 6 nitrogen and oxygen atoms in total. The van der Waals surface area contributed by atoms with Crippen LogP contribution in [0.5, 0.6) is 5.75 Å². The summed E-state index contributed by atoms with van der Waals surface area (Å²) >= 11 is 8.75. The van der Waals surface area contributed by atoms with Crippen LogP contribution in [-0.4, -0.2) is 23.1 Å². The number of hydrogen-bond donors (Lipinski definition) is 2. The number of oxazole rings is 1. The number of benzene rings is 3. The van der Waals surface area contributed by atoms with Gasteiger partial charge in [-0.05, 0) is 74.1 Å². The summed E-state index contributed by atoms with van der Waals surface area (Å²) in [4.78, 5) is 17.3. The summed E-state index contributed by atoms with van der Waals surface area (Å²) in [7, 11) is 1.53. The van der Waals surface area contributed by atoms with Gasteiger partial charge in [-0.2, -0.15) is 0 Å². The van der Waals surface area contributed by atoms with Crippen LogP contribution in [0.1, 0.15) is 21.5 Å². The number of rotatable bonds is 4. The second-order valence-corrected chi connectivity index (χ2v) is 8.61. The summed E-state index contributed by atoms with van der Waals surface area (Å²) in [6, 6.07) is 17.0. The smallest absolute Gasteiger partial charge is 0.261 e. The summed E-state index contributed by atoms with van der Waals surface area (Å²) < 4.78 is 12.0. The quantitative estimate of drug-likeness (QED) is 0.328. The lowest BCUT2D eigenvalue weighted by atomic mass is 10.1. The number of hydrogen-bond acceptors (Lipinski definition) is 5. The maximum Gasteiger partial charge on any atom is 0.261 e. The molecule has 0 saturated heterocycles. The van der Waals surface area contributed by atoms with E-state index >= 15 is 0 Å². The molecule has 0 radical (unpaired) electrons. The van der Waals surface area contributed by atoms with E-state index in [-0.39, 0.29) is 11.0 Å². The molecule has 3 aromatic carbocycles. The number of methoxy groups -OCH3 is 1. The molecule has 0 aliphatic carbocycles. The number of aromatic nitrogens is 1. The van der Waals surface area contributed by atoms with Crippen molar-refractivity contribution < 1.29 is 13.9 Å². The molecule has 1 heterocycles. The van der Waals surface area contributed by atoms with Gasteiger partial charge in [0.1, 0.15) is 11.3 Å². The van der Waals surface area contributed by atoms with Crippen LogP contribution < -0.4 is 15.4 Å². The van der Waals surface area contributed by atoms with Crippen LogP contribution in [0.2, 0.25) is 0 Å². The SMILES string of the molecule is COc1c(C)cc(Br)cc1C(=O)NC(=S)Nc1ccc2oc(-c3cccc(C)c3)nc2c1. The highest BCUT2D eigenvalue weighted by atomic mass is 79.9. The number of amides is 1. The fourth-order valence-electron chi connectivity index (χ4n) is 3.41. The van der Waals surface area contributed by atoms with Gasteiger partial charge in [0.2, 0.25) is 5.89 Å². The zero-order chi connectivity index (χ0) is 22.8. The second-order valence-electron chi connectivity index (χ2n) is 7.28. The molecule has 0 bridgehead atoms. The third-order valence-corrected chi connectivity index (χ3v) is 5.49. The van der Waals surface area contributed by atoms with Gasteiger partial charge in [-0.1, -0.05) is 33.6 Å². The molecule has 8 heteroatoms. The molecule has 1 aromatic heterocycles. The number of nitrogens with one attached hydrogen (secondary N) is 2. The lowest BCUT2D eigenvalue weighted by Crippen LogP contribution is -2.34. The fraction of sp³-hybridized carbons (Fsp3) is 0.125. The van der Waals surface area contributed by atoms with Crippen LogP contribution in [0.25, 0.3) is 22.6 Å². The van der Waals surface area contributed by atoms with Crippen molar-refractivity contribution in [3.8, 4) is 17.2 Å². The Morgan fingerprint density at radius 3 is 2.69 bits per heavy atom. The zero-order valence-corrected chi connectivity index (χ0v) is 20.1. The molecule has 4 rings (SSSR count). The van der Waals surface area contributed by atoms with E-state index in [2.05, 4.69) is 31.5 Å². The van der Waals surface area contributed by atoms with E-state index in [1.165, 1.54) is 7.11 Å². The Kier molecular flexibility index (Phi) is 6.25. The average molecular weight is 510 g/mol. The van der Waals surface area contributed by atoms with E-state index in [9.17, 15) is 4.79 Å². The maximum absolute atomic E-state index is 12.8. The van der Waals surface area contributed by atoms with Gasteiger partial charge in [0.05, 0.1) is 12.7 Å². The van der Waals surface area contributed by atoms with Crippen molar-refractivity contribution in [1.29, 1.82) is 0 Å². The van der Waals surface area contributed by atoms with Crippen molar-refractivity contribution in [3.05, 3.63) is 75.8 Å². The number of anilines is 1. The Hall–Kier alpha value is -3.23. The summed E-state index contributed by atoms with van der Waals surface area (Å²) in [5, 5.41) is 5.88. The molecule has 0 atom stereocenters. The number of ether oxygens (including phenoxy) is 1. The van der Waals surface area contributed by atoms with Crippen molar-refractivity contribution in [2.45, 2.75) is 13.8 Å². The van der Waals surface area contributed by atoms with E-state index < -0.39 is 0 Å². The number of nitrogens with zero attached hydrogens (tertiary/aromatic N) is 1. The van der Waals surface area contributed by atoms with E-state index in [0.717, 1.165) is 21.2 Å². The van der Waals surface area contributed by atoms with E-state index in [0.29, 0.717) is 34.0 Å². The maximum atomic E-state index is 12.8. The molecule has 0 aliphatic rings. The topological polar surface area (TPSA) is 76.4 Å². The average Bonchev–Trinajstić information content (AvgIpc) is 3.16. The summed E-state index contributed by atoms with van der Waals surface area (Å²) in [5.74, 6) is 0.683. The number of aryl methyl sites for hydroxylation is 2. The summed E-state index contributed by atoms with van der Waals surface area (Å²) in [5.41, 5.74) is 5.30. The van der Waals surface area contributed by atoms with Crippen molar-refractivity contribution in [2.24, 2.45) is 0 Å². The van der Waals surface area contributed by atoms with Gasteiger partial charge >= 0.3 is 0 Å². The van der Waals surface area contributed by atoms with E-state index in [1.807, 2.05) is 62.4 Å². The number of carbonyl (C=O) groups excluding carboxylic acids is 1. The molecular weight excluding hydrogens is 490 g/mol. The first kappa shape index (κ1) is 22.0. The summed E-state index contributed by atoms with van der Waals surface area (Å²) in [6.45, 7) is 3.89. The number of halogens is 1. The predicted octanol–water partition coefficient (Wildman–Crippen LogP) is 6.01. The van der Waals surface area contributed by atoms with Gasteiger partial charge in [0, 0.05) is 15.7 Å². The largest absolute Gasteiger partial charge is 0.496 e. The van der Waals surface area contributed by atoms with Crippen molar-refractivity contribution >= 4 is 56.0 Å². The highest BCUT2D eigenvalue weighted by Gasteiger charge is 2.17. The first-order valence-electron chi connectivity index (χ1n) is 9.78. The first-order valence-corrected chi connectivity index (χ1v) is 11.0. The van der Waals surface area contributed by atoms with Gasteiger partial charge in [0.25, 0.3) is 5.91 Å². The Balaban J connectivity index is 1.51. The number of carbonyl (C=O) groups is 1. The molecule has 0 spiro atoms. The van der Waals surface area contributed by atoms with Gasteiger partial charge in [0.15, 0.2) is 10.7 Å². The summed E-state index contributed by atoms with van der Waals surface area (Å²) in [6.07, 6.45) is 0. The van der Waals surface area contributed by atoms with Crippen molar-refractivity contribution in [3.63, 3.8) is 0 Å². The van der Waals surface area contributed by atoms with Crippen LogP contribution in [0, 0.1) is 13.8 Å². The first-order chi connectivity index (χ1) is 15.3. The Morgan fingerprint density at radius 2 is 1.94 bits per heavy atom. The minimum absolute atomic E-state index is 0.163. The molecule has 4 aromatic rings. The second kappa shape index (κ2) is 9.10. The standard InChI is InChI=1S/C24H20BrN3O3S/c1-13-5-4-6-15(9-13)23-27-19-12-17(7-8-20(19)31-23)26-24(32)28-22(29)18-11-16(25)10-14(2)21(18)30-3/h4-12H,1-3H3,(H2,26,28,29,32). The highest BCUT2D eigenvalue weighted by molar-refractivity contribution is 9.10. The molecular formula is C24H20BrN3O3S. The van der Waals surface area contributed by atoms with E-state index in [4.69, 9.17) is 21.4 Å². The van der Waals surface area contributed by atoms with Crippen molar-refractivity contribution in [1.82, 2.24) is 10.3 Å². The molecule has 0 aliphatic heterocycles. The number of thiocarbonyl (C=S) groups is 1. The van der Waals surface area contributed by atoms with Gasteiger partial charge in [-0.25, -0.2) is 4.98 Å². The van der Waals surface area contributed by atoms with Crippen LogP contribution in [-0.2, 0) is 0 Å². The molecule has 0 unspecified atom stereocenters. The monoisotopic (exact) mass is 509 g/mol. The predicted molar refractivity (Wildman–Crippen MR) is 133 cm³/mol. The molecule has 0 saturated carbocycles. The zero-order valence-electron chi connectivity index (χ0n) is 17.7. The lowest BCUT2D eigenvalue weighted by Gasteiger charge is -2.13. The van der Waals surface area contributed by atoms with Crippen LogP contribution in [0.15, 0.2) is 63.5 Å². The Morgan fingerprint density at radius 1 is 1.12 bits per heavy atom. The fourth-order valence-corrected chi connectivity index (χ4v) is 4.19. The molecule has 162 valence electrons. The lowest BCUT2D eigenvalue weighted by molar-refractivity contribution is 0.0974. The Bertz CT molecular complexity index is 1350. The molecule has 2 N–H and O–H groups in total. The molecule has 0 fully saturated rings. The highest BCUT2D eigenvalue weighted by Crippen LogP contribution is 2.28. The van der Waals surface area contributed by atoms with Crippen LogP contribution >= 0.6 is 28.1 Å².